The summed E-state index contributed by atoms with van der Waals surface area (Å²) in [6, 6.07) is 5.40. The van der Waals surface area contributed by atoms with Gasteiger partial charge in [-0.1, -0.05) is 42.4 Å². The molecular weight excluding hydrogens is 428 g/mol. The molecule has 0 aliphatic carbocycles. The van der Waals surface area contributed by atoms with E-state index in [0.29, 0.717) is 29.1 Å². The predicted molar refractivity (Wildman–Crippen MR) is 140 cm³/mol. The van der Waals surface area contributed by atoms with Crippen molar-refractivity contribution in [2.24, 2.45) is 0 Å². The smallest absolute Gasteiger partial charge is 0.383 e. The Morgan fingerprint density at radius 3 is 2.44 bits per heavy atom. The van der Waals surface area contributed by atoms with E-state index in [9.17, 15) is 4.79 Å². The molecule has 0 N–H and O–H groups in total. The minimum Gasteiger partial charge on any atom is -0.488 e. The Balaban J connectivity index is 2.40. The van der Waals surface area contributed by atoms with Crippen LogP contribution >= 0.6 is 0 Å². The summed E-state index contributed by atoms with van der Waals surface area (Å²) >= 11 is 0. The van der Waals surface area contributed by atoms with Gasteiger partial charge >= 0.3 is 5.63 Å². The SMILES string of the molecule is CCC=CCCOc1c(OCC=C(C)CCC=C(C)C)c(=O)oc2cccc(OC(C)(C)C)c12. The van der Waals surface area contributed by atoms with Crippen LogP contribution in [0, 0.1) is 0 Å². The van der Waals surface area contributed by atoms with Crippen molar-refractivity contribution in [2.45, 2.75) is 79.8 Å². The Bertz CT molecular complexity index is 1080. The van der Waals surface area contributed by atoms with Crippen molar-refractivity contribution in [1.29, 1.82) is 0 Å². The summed E-state index contributed by atoms with van der Waals surface area (Å²) in [4.78, 5) is 12.9. The van der Waals surface area contributed by atoms with Crippen molar-refractivity contribution < 1.29 is 18.6 Å². The minimum atomic E-state index is -0.560. The van der Waals surface area contributed by atoms with Gasteiger partial charge in [-0.15, -0.1) is 0 Å². The maximum Gasteiger partial charge on any atom is 0.383 e. The molecule has 0 unspecified atom stereocenters. The van der Waals surface area contributed by atoms with Crippen LogP contribution in [0.25, 0.3) is 11.0 Å². The summed E-state index contributed by atoms with van der Waals surface area (Å²) in [5.74, 6) is 1.03. The van der Waals surface area contributed by atoms with Crippen molar-refractivity contribution in [1.82, 2.24) is 0 Å². The Morgan fingerprint density at radius 1 is 1.00 bits per heavy atom. The minimum absolute atomic E-state index is 0.0743. The Kier molecular flexibility index (Phi) is 10.5. The maximum atomic E-state index is 12.9. The molecule has 5 heteroatoms. The standard InChI is InChI=1S/C29H40O5/c1-8-9-10-11-19-31-26-25-23(16-13-17-24(25)34-29(5,6)7)33-28(30)27(26)32-20-18-22(4)15-12-14-21(2)3/h9-10,13-14,16-18H,8,11-12,15,19-20H2,1-7H3. The van der Waals surface area contributed by atoms with E-state index in [1.165, 1.54) is 11.1 Å². The quantitative estimate of drug-likeness (QED) is 0.181. The lowest BCUT2D eigenvalue weighted by Gasteiger charge is -2.23. The Morgan fingerprint density at radius 2 is 1.76 bits per heavy atom. The number of fused-ring (bicyclic) bond motifs is 1. The molecule has 0 bridgehead atoms. The molecule has 0 spiro atoms. The van der Waals surface area contributed by atoms with E-state index < -0.39 is 11.2 Å². The highest BCUT2D eigenvalue weighted by molar-refractivity contribution is 5.91. The van der Waals surface area contributed by atoms with Gasteiger partial charge in [-0.25, -0.2) is 4.79 Å². The fourth-order valence-corrected chi connectivity index (χ4v) is 3.32. The number of benzene rings is 1. The molecule has 0 atom stereocenters. The molecule has 186 valence electrons. The van der Waals surface area contributed by atoms with Crippen LogP contribution in [0.15, 0.2) is 62.9 Å². The van der Waals surface area contributed by atoms with Crippen LogP contribution < -0.4 is 19.8 Å². The predicted octanol–water partition coefficient (Wildman–Crippen LogP) is 7.78. The highest BCUT2D eigenvalue weighted by Crippen LogP contribution is 2.40. The Labute approximate surface area is 204 Å². The number of hydrogen-bond donors (Lipinski definition) is 0. The van der Waals surface area contributed by atoms with Crippen molar-refractivity contribution >= 4 is 11.0 Å². The molecule has 1 aromatic carbocycles. The topological polar surface area (TPSA) is 57.9 Å². The second kappa shape index (κ2) is 13.1. The lowest BCUT2D eigenvalue weighted by Crippen LogP contribution is -2.23. The van der Waals surface area contributed by atoms with Gasteiger partial charge in [0.15, 0.2) is 5.75 Å². The van der Waals surface area contributed by atoms with Gasteiger partial charge in [0.1, 0.15) is 28.9 Å². The van der Waals surface area contributed by atoms with Crippen molar-refractivity contribution in [2.75, 3.05) is 13.2 Å². The van der Waals surface area contributed by atoms with E-state index in [1.807, 2.05) is 32.9 Å². The molecule has 1 aromatic heterocycles. The molecule has 1 heterocycles. The first-order chi connectivity index (χ1) is 16.1. The third kappa shape index (κ3) is 8.77. The van der Waals surface area contributed by atoms with Crippen molar-refractivity contribution in [3.05, 3.63) is 64.1 Å². The molecule has 0 saturated carbocycles. The van der Waals surface area contributed by atoms with Gasteiger partial charge in [-0.3, -0.25) is 0 Å². The first-order valence-corrected chi connectivity index (χ1v) is 12.1. The van der Waals surface area contributed by atoms with E-state index in [4.69, 9.17) is 18.6 Å². The summed E-state index contributed by atoms with van der Waals surface area (Å²) in [5.41, 5.74) is 1.92. The van der Waals surface area contributed by atoms with Crippen LogP contribution in [0.1, 0.15) is 74.1 Å². The number of rotatable bonds is 12. The monoisotopic (exact) mass is 468 g/mol. The summed E-state index contributed by atoms with van der Waals surface area (Å²) in [6.45, 7) is 14.9. The average molecular weight is 469 g/mol. The first kappa shape index (κ1) is 27.3. The van der Waals surface area contributed by atoms with Gasteiger partial charge in [0, 0.05) is 0 Å². The zero-order valence-corrected chi connectivity index (χ0v) is 21.8. The molecule has 5 nitrogen and oxygen atoms in total. The molecule has 0 aliphatic heterocycles. The second-order valence-electron chi connectivity index (χ2n) is 9.59. The summed E-state index contributed by atoms with van der Waals surface area (Å²) < 4.78 is 23.8. The largest absolute Gasteiger partial charge is 0.488 e. The van der Waals surface area contributed by atoms with E-state index >= 15 is 0 Å². The lowest BCUT2D eigenvalue weighted by molar-refractivity contribution is 0.132. The molecule has 2 rings (SSSR count). The van der Waals surface area contributed by atoms with Gasteiger partial charge < -0.3 is 18.6 Å². The summed E-state index contributed by atoms with van der Waals surface area (Å²) in [5, 5.41) is 0.607. The normalized spacial score (nSPS) is 12.3. The highest BCUT2D eigenvalue weighted by atomic mass is 16.5. The summed E-state index contributed by atoms with van der Waals surface area (Å²) in [7, 11) is 0. The Hall–Kier alpha value is -2.95. The molecule has 34 heavy (non-hydrogen) atoms. The lowest BCUT2D eigenvalue weighted by atomic mass is 10.1. The summed E-state index contributed by atoms with van der Waals surface area (Å²) in [6.07, 6.45) is 12.0. The van der Waals surface area contributed by atoms with E-state index in [1.54, 1.807) is 12.1 Å². The molecule has 0 amide bonds. The van der Waals surface area contributed by atoms with Crippen LogP contribution in [0.5, 0.6) is 17.2 Å². The molecule has 2 aromatic rings. The molecule has 0 fully saturated rings. The van der Waals surface area contributed by atoms with Gasteiger partial charge in [0.25, 0.3) is 0 Å². The maximum absolute atomic E-state index is 12.9. The number of hydrogen-bond acceptors (Lipinski definition) is 5. The fraction of sp³-hybridized carbons (Fsp3) is 0.483. The van der Waals surface area contributed by atoms with Gasteiger partial charge in [-0.05, 0) is 85.4 Å². The van der Waals surface area contributed by atoms with Crippen molar-refractivity contribution in [3.8, 4) is 17.2 Å². The van der Waals surface area contributed by atoms with Crippen LogP contribution in [-0.2, 0) is 0 Å². The number of ether oxygens (including phenoxy) is 3. The van der Waals surface area contributed by atoms with Crippen LogP contribution in [0.3, 0.4) is 0 Å². The second-order valence-corrected chi connectivity index (χ2v) is 9.59. The molecule has 0 aliphatic rings. The third-order valence-corrected chi connectivity index (χ3v) is 4.91. The van der Waals surface area contributed by atoms with Crippen molar-refractivity contribution in [3.63, 3.8) is 0 Å². The van der Waals surface area contributed by atoms with Crippen LogP contribution in [0.2, 0.25) is 0 Å². The van der Waals surface area contributed by atoms with Gasteiger partial charge in [-0.2, -0.15) is 0 Å². The fourth-order valence-electron chi connectivity index (χ4n) is 3.32. The van der Waals surface area contributed by atoms with E-state index in [2.05, 4.69) is 45.9 Å². The molecule has 0 radical (unpaired) electrons. The van der Waals surface area contributed by atoms with E-state index in [-0.39, 0.29) is 12.4 Å². The zero-order valence-electron chi connectivity index (χ0n) is 21.8. The highest BCUT2D eigenvalue weighted by Gasteiger charge is 2.23. The van der Waals surface area contributed by atoms with Gasteiger partial charge in [0.05, 0.1) is 6.61 Å². The number of allylic oxidation sites excluding steroid dienone is 4. The first-order valence-electron chi connectivity index (χ1n) is 12.1. The van der Waals surface area contributed by atoms with Crippen LogP contribution in [-0.4, -0.2) is 18.8 Å². The third-order valence-electron chi connectivity index (χ3n) is 4.91. The van der Waals surface area contributed by atoms with E-state index in [0.717, 1.165) is 25.7 Å². The van der Waals surface area contributed by atoms with Gasteiger partial charge in [0.2, 0.25) is 5.75 Å². The average Bonchev–Trinajstić information content (AvgIpc) is 2.73. The molecular formula is C29H40O5. The molecule has 0 saturated heterocycles. The van der Waals surface area contributed by atoms with Crippen LogP contribution in [0.4, 0.5) is 0 Å². The zero-order chi connectivity index (χ0) is 25.1.